The molecule has 0 aliphatic carbocycles. The summed E-state index contributed by atoms with van der Waals surface area (Å²) in [6.07, 6.45) is 1.22. The highest BCUT2D eigenvalue weighted by atomic mass is 32.3. The van der Waals surface area contributed by atoms with Crippen LogP contribution in [0.4, 0.5) is 0 Å². The zero-order chi connectivity index (χ0) is 10.7. The first-order chi connectivity index (χ1) is 5.97. The van der Waals surface area contributed by atoms with Crippen molar-refractivity contribution in [2.45, 2.75) is 13.8 Å². The molecule has 0 saturated carbocycles. The standard InChI is InChI=1S/C4H10O.C3H6O4S/c1-3-5-4-2;1-2-3-7-8(4,5)6/h3-4H2,1-2H3;2H,1,3H2,(H,4,5,6). The number of hydrogen-bond acceptors (Lipinski definition) is 4. The lowest BCUT2D eigenvalue weighted by atomic mass is 10.7. The molecule has 0 rings (SSSR count). The van der Waals surface area contributed by atoms with Crippen LogP contribution in [0.5, 0.6) is 0 Å². The SMILES string of the molecule is C=CCOS(=O)(=O)O.CCOCC. The van der Waals surface area contributed by atoms with Gasteiger partial charge in [-0.15, -0.1) is 6.58 Å². The average Bonchev–Trinajstić information content (AvgIpc) is 2.02. The Hall–Kier alpha value is -0.430. The maximum absolute atomic E-state index is 9.68. The van der Waals surface area contributed by atoms with Crippen molar-refractivity contribution < 1.29 is 21.9 Å². The van der Waals surface area contributed by atoms with Crippen LogP contribution in [-0.2, 0) is 19.3 Å². The molecule has 0 aromatic heterocycles. The Balaban J connectivity index is 0. The molecular weight excluding hydrogens is 196 g/mol. The number of ether oxygens (including phenoxy) is 1. The minimum atomic E-state index is -4.26. The van der Waals surface area contributed by atoms with Crippen molar-refractivity contribution >= 4 is 10.4 Å². The lowest BCUT2D eigenvalue weighted by Gasteiger charge is -1.90. The topological polar surface area (TPSA) is 72.8 Å². The zero-order valence-electron chi connectivity index (χ0n) is 7.89. The Kier molecular flexibility index (Phi) is 11.2. The van der Waals surface area contributed by atoms with Crippen LogP contribution in [0.3, 0.4) is 0 Å². The third-order valence-corrected chi connectivity index (χ3v) is 1.18. The lowest BCUT2D eigenvalue weighted by molar-refractivity contribution is 0.162. The van der Waals surface area contributed by atoms with E-state index in [-0.39, 0.29) is 6.61 Å². The molecule has 13 heavy (non-hydrogen) atoms. The van der Waals surface area contributed by atoms with E-state index in [2.05, 4.69) is 10.8 Å². The number of rotatable bonds is 5. The van der Waals surface area contributed by atoms with Gasteiger partial charge < -0.3 is 4.74 Å². The van der Waals surface area contributed by atoms with Crippen LogP contribution in [-0.4, -0.2) is 32.8 Å². The fourth-order valence-corrected chi connectivity index (χ4v) is 0.606. The molecule has 0 amide bonds. The van der Waals surface area contributed by atoms with E-state index in [1.807, 2.05) is 13.8 Å². The van der Waals surface area contributed by atoms with Crippen molar-refractivity contribution in [2.75, 3.05) is 19.8 Å². The van der Waals surface area contributed by atoms with Gasteiger partial charge in [0.05, 0.1) is 6.61 Å². The fourth-order valence-electron chi connectivity index (χ4n) is 0.338. The largest absolute Gasteiger partial charge is 0.397 e. The van der Waals surface area contributed by atoms with Gasteiger partial charge in [0.2, 0.25) is 0 Å². The molecule has 0 aromatic carbocycles. The van der Waals surface area contributed by atoms with Gasteiger partial charge in [-0.05, 0) is 13.8 Å². The molecule has 0 atom stereocenters. The van der Waals surface area contributed by atoms with Gasteiger partial charge in [0.25, 0.3) is 0 Å². The second-order valence-corrected chi connectivity index (χ2v) is 2.87. The third kappa shape index (κ3) is 24.5. The Bertz CT molecular complexity index is 195. The van der Waals surface area contributed by atoms with Crippen LogP contribution in [0.2, 0.25) is 0 Å². The van der Waals surface area contributed by atoms with Crippen LogP contribution in [0.25, 0.3) is 0 Å². The highest BCUT2D eigenvalue weighted by Gasteiger charge is 1.99. The Labute approximate surface area is 79.3 Å². The first kappa shape index (κ1) is 15.1. The van der Waals surface area contributed by atoms with Gasteiger partial charge in [-0.2, -0.15) is 8.42 Å². The molecule has 80 valence electrons. The maximum atomic E-state index is 9.68. The molecule has 0 aliphatic rings. The van der Waals surface area contributed by atoms with Crippen LogP contribution in [0, 0.1) is 0 Å². The zero-order valence-corrected chi connectivity index (χ0v) is 8.71. The molecule has 5 nitrogen and oxygen atoms in total. The average molecular weight is 212 g/mol. The van der Waals surface area contributed by atoms with Crippen molar-refractivity contribution in [1.29, 1.82) is 0 Å². The summed E-state index contributed by atoms with van der Waals surface area (Å²) in [4.78, 5) is 0. The van der Waals surface area contributed by atoms with Crippen LogP contribution < -0.4 is 0 Å². The maximum Gasteiger partial charge on any atom is 0.397 e. The first-order valence-corrected chi connectivity index (χ1v) is 5.14. The van der Waals surface area contributed by atoms with E-state index in [1.54, 1.807) is 0 Å². The van der Waals surface area contributed by atoms with Crippen LogP contribution >= 0.6 is 0 Å². The smallest absolute Gasteiger partial charge is 0.382 e. The molecule has 1 N–H and O–H groups in total. The molecule has 0 spiro atoms. The highest BCUT2D eigenvalue weighted by molar-refractivity contribution is 7.80. The minimum absolute atomic E-state index is 0.196. The van der Waals surface area contributed by atoms with E-state index in [4.69, 9.17) is 9.29 Å². The Morgan fingerprint density at radius 3 is 1.92 bits per heavy atom. The van der Waals surface area contributed by atoms with Gasteiger partial charge in [0.1, 0.15) is 0 Å². The predicted octanol–water partition coefficient (Wildman–Crippen LogP) is 1.03. The lowest BCUT2D eigenvalue weighted by Crippen LogP contribution is -2.02. The summed E-state index contributed by atoms with van der Waals surface area (Å²) in [7, 11) is -4.26. The monoisotopic (exact) mass is 212 g/mol. The molecule has 0 saturated heterocycles. The van der Waals surface area contributed by atoms with E-state index in [9.17, 15) is 8.42 Å². The summed E-state index contributed by atoms with van der Waals surface area (Å²) < 4.78 is 35.8. The molecule has 0 unspecified atom stereocenters. The third-order valence-electron chi connectivity index (χ3n) is 0.743. The van der Waals surface area contributed by atoms with E-state index >= 15 is 0 Å². The Morgan fingerprint density at radius 2 is 1.85 bits per heavy atom. The van der Waals surface area contributed by atoms with Crippen molar-refractivity contribution in [3.63, 3.8) is 0 Å². The summed E-state index contributed by atoms with van der Waals surface area (Å²) in [5.74, 6) is 0. The van der Waals surface area contributed by atoms with Gasteiger partial charge in [0, 0.05) is 13.2 Å². The second-order valence-electron chi connectivity index (χ2n) is 1.78. The molecule has 6 heteroatoms. The van der Waals surface area contributed by atoms with Crippen LogP contribution in [0.15, 0.2) is 12.7 Å². The first-order valence-electron chi connectivity index (χ1n) is 3.78. The van der Waals surface area contributed by atoms with Gasteiger partial charge in [-0.25, -0.2) is 4.18 Å². The fraction of sp³-hybridized carbons (Fsp3) is 0.714. The second kappa shape index (κ2) is 9.66. The van der Waals surface area contributed by atoms with Crippen molar-refractivity contribution in [3.8, 4) is 0 Å². The molecular formula is C7H16O5S. The van der Waals surface area contributed by atoms with Crippen molar-refractivity contribution in [3.05, 3.63) is 12.7 Å². The summed E-state index contributed by atoms with van der Waals surface area (Å²) in [5.41, 5.74) is 0. The molecule has 0 aliphatic heterocycles. The van der Waals surface area contributed by atoms with Crippen LogP contribution in [0.1, 0.15) is 13.8 Å². The highest BCUT2D eigenvalue weighted by Crippen LogP contribution is 1.83. The summed E-state index contributed by atoms with van der Waals surface area (Å²) >= 11 is 0. The summed E-state index contributed by atoms with van der Waals surface area (Å²) in [5, 5.41) is 0. The van der Waals surface area contributed by atoms with Gasteiger partial charge in [-0.3, -0.25) is 4.55 Å². The molecule has 0 heterocycles. The van der Waals surface area contributed by atoms with Gasteiger partial charge in [-0.1, -0.05) is 6.08 Å². The number of hydrogen-bond donors (Lipinski definition) is 1. The predicted molar refractivity (Wildman–Crippen MR) is 49.9 cm³/mol. The van der Waals surface area contributed by atoms with Gasteiger partial charge in [0.15, 0.2) is 0 Å². The van der Waals surface area contributed by atoms with Crippen molar-refractivity contribution in [1.82, 2.24) is 0 Å². The van der Waals surface area contributed by atoms with Gasteiger partial charge >= 0.3 is 10.4 Å². The molecule has 0 bridgehead atoms. The molecule has 0 aromatic rings. The summed E-state index contributed by atoms with van der Waals surface area (Å²) in [6, 6.07) is 0. The summed E-state index contributed by atoms with van der Waals surface area (Å²) in [6.45, 7) is 8.63. The van der Waals surface area contributed by atoms with E-state index in [0.717, 1.165) is 13.2 Å². The van der Waals surface area contributed by atoms with E-state index < -0.39 is 10.4 Å². The van der Waals surface area contributed by atoms with E-state index in [0.29, 0.717) is 0 Å². The Morgan fingerprint density at radius 1 is 1.38 bits per heavy atom. The molecule has 0 fully saturated rings. The minimum Gasteiger partial charge on any atom is -0.382 e. The normalized spacial score (nSPS) is 10.1. The molecule has 0 radical (unpaired) electrons. The van der Waals surface area contributed by atoms with E-state index in [1.165, 1.54) is 6.08 Å². The quantitative estimate of drug-likeness (QED) is 0.544. The van der Waals surface area contributed by atoms with Crippen molar-refractivity contribution in [2.24, 2.45) is 0 Å².